The van der Waals surface area contributed by atoms with Gasteiger partial charge in [-0.3, -0.25) is 4.72 Å². The van der Waals surface area contributed by atoms with Gasteiger partial charge < -0.3 is 15.4 Å². The van der Waals surface area contributed by atoms with Crippen molar-refractivity contribution < 1.29 is 13.2 Å². The minimum atomic E-state index is -3.98. The molecule has 3 aromatic rings. The van der Waals surface area contributed by atoms with Crippen LogP contribution in [0.1, 0.15) is 5.56 Å². The Bertz CT molecular complexity index is 1300. The molecule has 10 heteroatoms. The first-order valence-corrected chi connectivity index (χ1v) is 12.1. The summed E-state index contributed by atoms with van der Waals surface area (Å²) in [6.45, 7) is 2.26. The van der Waals surface area contributed by atoms with Crippen molar-refractivity contribution in [2.24, 2.45) is 0 Å². The molecule has 0 aliphatic carbocycles. The van der Waals surface area contributed by atoms with Crippen LogP contribution in [0.15, 0.2) is 64.0 Å². The van der Waals surface area contributed by atoms with Crippen LogP contribution in [0.2, 0.25) is 0 Å². The number of pyridine rings is 1. The van der Waals surface area contributed by atoms with Crippen LogP contribution < -0.4 is 15.4 Å². The highest BCUT2D eigenvalue weighted by atomic mass is 79.9. The number of ether oxygens (including phenoxy) is 1. The molecule has 0 radical (unpaired) electrons. The fourth-order valence-corrected chi connectivity index (χ4v) is 5.18. The summed E-state index contributed by atoms with van der Waals surface area (Å²) in [6.07, 6.45) is 0. The molecular weight excluding hydrogens is 494 g/mol. The van der Waals surface area contributed by atoms with E-state index >= 15 is 0 Å². The molecule has 1 saturated heterocycles. The second kappa shape index (κ2) is 9.16. The quantitative estimate of drug-likeness (QED) is 0.534. The number of morpholine rings is 1. The average molecular weight is 514 g/mol. The van der Waals surface area contributed by atoms with Gasteiger partial charge in [0, 0.05) is 23.1 Å². The zero-order chi connectivity index (χ0) is 22.7. The topological polar surface area (TPSA) is 121 Å². The van der Waals surface area contributed by atoms with E-state index in [-0.39, 0.29) is 22.1 Å². The second-order valence-electron chi connectivity index (χ2n) is 7.11. The number of nitriles is 1. The lowest BCUT2D eigenvalue weighted by atomic mass is 10.0. The molecule has 1 aliphatic heterocycles. The number of nitrogens with one attached hydrogen (secondary N) is 1. The van der Waals surface area contributed by atoms with E-state index in [1.807, 2.05) is 29.2 Å². The van der Waals surface area contributed by atoms with Crippen LogP contribution in [0.5, 0.6) is 0 Å². The van der Waals surface area contributed by atoms with Crippen LogP contribution in [0.4, 0.5) is 17.3 Å². The highest BCUT2D eigenvalue weighted by Gasteiger charge is 2.24. The van der Waals surface area contributed by atoms with Crippen molar-refractivity contribution in [2.75, 3.05) is 41.7 Å². The fourth-order valence-electron chi connectivity index (χ4n) is 3.56. The fraction of sp³-hybridized carbons (Fsp3) is 0.182. The number of hydrogen-bond donors (Lipinski definition) is 2. The first-order chi connectivity index (χ1) is 15.4. The molecule has 164 valence electrons. The normalized spacial score (nSPS) is 14.1. The van der Waals surface area contributed by atoms with Gasteiger partial charge in [-0.15, -0.1) is 0 Å². The van der Waals surface area contributed by atoms with Crippen LogP contribution in [0.3, 0.4) is 0 Å². The summed E-state index contributed by atoms with van der Waals surface area (Å²) in [6, 6.07) is 17.7. The lowest BCUT2D eigenvalue weighted by Gasteiger charge is -2.30. The van der Waals surface area contributed by atoms with Crippen molar-refractivity contribution in [1.82, 2.24) is 4.98 Å². The third-order valence-corrected chi connectivity index (χ3v) is 6.94. The molecule has 1 aromatic heterocycles. The van der Waals surface area contributed by atoms with Crippen molar-refractivity contribution in [2.45, 2.75) is 4.90 Å². The Hall–Kier alpha value is -3.13. The Morgan fingerprint density at radius 1 is 1.12 bits per heavy atom. The van der Waals surface area contributed by atoms with Crippen molar-refractivity contribution >= 4 is 43.3 Å². The number of hydrogen-bond acceptors (Lipinski definition) is 7. The number of nitrogens with two attached hydrogens (primary N) is 1. The molecule has 0 amide bonds. The summed E-state index contributed by atoms with van der Waals surface area (Å²) in [7, 11) is -3.98. The number of anilines is 3. The Kier molecular flexibility index (Phi) is 6.32. The van der Waals surface area contributed by atoms with E-state index < -0.39 is 10.0 Å². The number of nitrogens with zero attached hydrogens (tertiary/aromatic N) is 3. The van der Waals surface area contributed by atoms with Gasteiger partial charge in [-0.25, -0.2) is 13.4 Å². The third kappa shape index (κ3) is 4.55. The number of benzene rings is 2. The van der Waals surface area contributed by atoms with Crippen LogP contribution in [-0.4, -0.2) is 39.7 Å². The predicted molar refractivity (Wildman–Crippen MR) is 127 cm³/mol. The maximum atomic E-state index is 13.3. The molecule has 1 aliphatic rings. The summed E-state index contributed by atoms with van der Waals surface area (Å²) >= 11 is 3.41. The summed E-state index contributed by atoms with van der Waals surface area (Å²) in [4.78, 5) is 6.24. The van der Waals surface area contributed by atoms with Crippen molar-refractivity contribution in [3.05, 3.63) is 64.6 Å². The van der Waals surface area contributed by atoms with E-state index in [1.54, 1.807) is 24.3 Å². The summed E-state index contributed by atoms with van der Waals surface area (Å²) in [5.74, 6) is -0.0163. The highest BCUT2D eigenvalue weighted by Crippen LogP contribution is 2.32. The minimum absolute atomic E-state index is 0.0354. The number of rotatable bonds is 5. The van der Waals surface area contributed by atoms with E-state index in [2.05, 4.69) is 31.7 Å². The number of halogens is 1. The van der Waals surface area contributed by atoms with Crippen LogP contribution in [-0.2, 0) is 14.8 Å². The molecular formula is C22H20BrN5O3S. The second-order valence-corrected chi connectivity index (χ2v) is 9.68. The van der Waals surface area contributed by atoms with Gasteiger partial charge in [0.1, 0.15) is 28.2 Å². The summed E-state index contributed by atoms with van der Waals surface area (Å²) in [5, 5.41) is 9.58. The largest absolute Gasteiger partial charge is 0.383 e. The van der Waals surface area contributed by atoms with Gasteiger partial charge in [0.25, 0.3) is 10.0 Å². The molecule has 0 saturated carbocycles. The zero-order valence-corrected chi connectivity index (χ0v) is 19.4. The van der Waals surface area contributed by atoms with Gasteiger partial charge in [-0.05, 0) is 35.9 Å². The molecule has 0 spiro atoms. The highest BCUT2D eigenvalue weighted by molar-refractivity contribution is 9.10. The number of sulfonamides is 1. The van der Waals surface area contributed by atoms with Crippen molar-refractivity contribution in [3.63, 3.8) is 0 Å². The number of para-hydroxylation sites is 1. The molecule has 4 rings (SSSR count). The molecule has 2 heterocycles. The molecule has 8 nitrogen and oxygen atoms in total. The Morgan fingerprint density at radius 3 is 2.59 bits per heavy atom. The first kappa shape index (κ1) is 22.1. The number of aromatic nitrogens is 1. The van der Waals surface area contributed by atoms with E-state index in [0.29, 0.717) is 43.1 Å². The maximum absolute atomic E-state index is 13.3. The van der Waals surface area contributed by atoms with Gasteiger partial charge in [0.05, 0.1) is 18.9 Å². The van der Waals surface area contributed by atoms with Crippen LogP contribution in [0.25, 0.3) is 11.1 Å². The molecule has 3 N–H and O–H groups in total. The standard InChI is InChI=1S/C22H20BrN5O3S/c23-16-5-3-4-15(12-16)17-13-21(26-22(25)18(17)14-24)27-32(29,30)20-7-2-1-6-19(20)28-8-10-31-11-9-28/h1-7,12-13H,8-11H2,(H3,25,26,27). The number of nitrogen functional groups attached to an aromatic ring is 1. The smallest absolute Gasteiger partial charge is 0.265 e. The first-order valence-electron chi connectivity index (χ1n) is 9.80. The SMILES string of the molecule is N#Cc1c(-c2cccc(Br)c2)cc(NS(=O)(=O)c2ccccc2N2CCOCC2)nc1N. The molecule has 0 bridgehead atoms. The Balaban J connectivity index is 1.74. The van der Waals surface area contributed by atoms with E-state index in [1.165, 1.54) is 6.07 Å². The van der Waals surface area contributed by atoms with Crippen LogP contribution >= 0.6 is 15.9 Å². The van der Waals surface area contributed by atoms with Crippen molar-refractivity contribution in [1.29, 1.82) is 5.26 Å². The minimum Gasteiger partial charge on any atom is -0.383 e. The van der Waals surface area contributed by atoms with Crippen LogP contribution in [0, 0.1) is 11.3 Å². The van der Waals surface area contributed by atoms with Gasteiger partial charge in [0.2, 0.25) is 0 Å². The maximum Gasteiger partial charge on any atom is 0.265 e. The Labute approximate surface area is 194 Å². The molecule has 32 heavy (non-hydrogen) atoms. The summed E-state index contributed by atoms with van der Waals surface area (Å²) < 4.78 is 35.4. The van der Waals surface area contributed by atoms with Gasteiger partial charge in [0.15, 0.2) is 0 Å². The lowest BCUT2D eigenvalue weighted by Crippen LogP contribution is -2.37. The lowest BCUT2D eigenvalue weighted by molar-refractivity contribution is 0.122. The van der Waals surface area contributed by atoms with Crippen molar-refractivity contribution in [3.8, 4) is 17.2 Å². The molecule has 0 unspecified atom stereocenters. The third-order valence-electron chi connectivity index (χ3n) is 5.04. The zero-order valence-electron chi connectivity index (χ0n) is 17.0. The van der Waals surface area contributed by atoms with Gasteiger partial charge in [-0.1, -0.05) is 40.2 Å². The molecule has 2 aromatic carbocycles. The van der Waals surface area contributed by atoms with Gasteiger partial charge >= 0.3 is 0 Å². The molecule has 0 atom stereocenters. The average Bonchev–Trinajstić information content (AvgIpc) is 2.79. The summed E-state index contributed by atoms with van der Waals surface area (Å²) in [5.41, 5.74) is 7.98. The molecule has 1 fully saturated rings. The van der Waals surface area contributed by atoms with Gasteiger partial charge in [-0.2, -0.15) is 5.26 Å². The predicted octanol–water partition coefficient (Wildman–Crippen LogP) is 3.60. The van der Waals surface area contributed by atoms with E-state index in [0.717, 1.165) is 4.47 Å². The van der Waals surface area contributed by atoms with E-state index in [4.69, 9.17) is 10.5 Å². The van der Waals surface area contributed by atoms with E-state index in [9.17, 15) is 13.7 Å². The monoisotopic (exact) mass is 513 g/mol. The Morgan fingerprint density at radius 2 is 1.88 bits per heavy atom.